The Morgan fingerprint density at radius 3 is 2.70 bits per heavy atom. The Bertz CT molecular complexity index is 601. The third-order valence-electron chi connectivity index (χ3n) is 9.57. The normalized spacial score (nSPS) is 49.7. The third-order valence-corrected chi connectivity index (χ3v) is 9.57. The second-order valence-corrected chi connectivity index (χ2v) is 10.6. The molecule has 3 heteroatoms. The molecule has 0 bridgehead atoms. The minimum Gasteiger partial charge on any atom is -0.396 e. The molecule has 152 valence electrons. The predicted octanol–water partition coefficient (Wildman–Crippen LogP) is 4.34. The lowest BCUT2D eigenvalue weighted by Gasteiger charge is -2.62. The first kappa shape index (κ1) is 19.6. The van der Waals surface area contributed by atoms with Gasteiger partial charge in [0.05, 0.1) is 0 Å². The molecule has 0 aromatic heterocycles. The van der Waals surface area contributed by atoms with Crippen LogP contribution in [0.5, 0.6) is 0 Å². The molecule has 4 fully saturated rings. The van der Waals surface area contributed by atoms with Crippen LogP contribution < -0.4 is 5.73 Å². The molecule has 4 saturated carbocycles. The number of carbonyl (C=O) groups is 1. The van der Waals surface area contributed by atoms with Crippen LogP contribution in [0.1, 0.15) is 71.6 Å². The summed E-state index contributed by atoms with van der Waals surface area (Å²) in [6, 6.07) is 0. The van der Waals surface area contributed by atoms with Crippen LogP contribution >= 0.6 is 0 Å². The number of carbonyl (C=O) groups excluding carboxylic acids is 1. The van der Waals surface area contributed by atoms with E-state index in [4.69, 9.17) is 5.73 Å². The molecule has 27 heavy (non-hydrogen) atoms. The first-order chi connectivity index (χ1) is 12.9. The van der Waals surface area contributed by atoms with Crippen molar-refractivity contribution in [3.63, 3.8) is 0 Å². The minimum absolute atomic E-state index is 0.0973. The van der Waals surface area contributed by atoms with Crippen molar-refractivity contribution in [3.05, 3.63) is 12.2 Å². The van der Waals surface area contributed by atoms with Crippen LogP contribution in [-0.4, -0.2) is 24.0 Å². The van der Waals surface area contributed by atoms with Gasteiger partial charge in [0, 0.05) is 18.4 Å². The Kier molecular flexibility index (Phi) is 5.31. The van der Waals surface area contributed by atoms with E-state index in [1.165, 1.54) is 25.7 Å². The fourth-order valence-corrected chi connectivity index (χ4v) is 7.98. The van der Waals surface area contributed by atoms with Crippen LogP contribution in [-0.2, 0) is 4.79 Å². The molecule has 0 aromatic rings. The van der Waals surface area contributed by atoms with Gasteiger partial charge in [0.15, 0.2) is 0 Å². The predicted molar refractivity (Wildman–Crippen MR) is 109 cm³/mol. The molecular weight excluding hydrogens is 334 g/mol. The molecule has 1 unspecified atom stereocenters. The van der Waals surface area contributed by atoms with Crippen LogP contribution in [0.4, 0.5) is 0 Å². The average molecular weight is 374 g/mol. The molecule has 0 heterocycles. The number of aliphatic hydroxyl groups is 1. The number of hydrogen-bond acceptors (Lipinski definition) is 3. The van der Waals surface area contributed by atoms with E-state index in [1.54, 1.807) is 0 Å². The maximum atomic E-state index is 12.7. The quantitative estimate of drug-likeness (QED) is 0.721. The van der Waals surface area contributed by atoms with Crippen molar-refractivity contribution in [2.24, 2.45) is 52.1 Å². The van der Waals surface area contributed by atoms with E-state index >= 15 is 0 Å². The first-order valence-electron chi connectivity index (χ1n) is 11.4. The zero-order chi connectivity index (χ0) is 19.2. The third kappa shape index (κ3) is 3.04. The van der Waals surface area contributed by atoms with Gasteiger partial charge >= 0.3 is 0 Å². The molecular formula is C24H39NO2. The number of rotatable bonds is 4. The maximum Gasteiger partial charge on any atom is 0.139 e. The number of fused-ring (bicyclic) bond motifs is 5. The highest BCUT2D eigenvalue weighted by molar-refractivity contribution is 5.87. The van der Waals surface area contributed by atoms with Crippen molar-refractivity contribution in [3.8, 4) is 0 Å². The molecule has 4 aliphatic rings. The molecule has 8 atom stereocenters. The summed E-state index contributed by atoms with van der Waals surface area (Å²) < 4.78 is 0. The number of allylic oxidation sites excluding steroid dienone is 1. The fraction of sp³-hybridized carbons (Fsp3) is 0.875. The van der Waals surface area contributed by atoms with Gasteiger partial charge in [0.1, 0.15) is 5.78 Å². The Balaban J connectivity index is 1.58. The molecule has 3 N–H and O–H groups in total. The van der Waals surface area contributed by atoms with Gasteiger partial charge in [-0.1, -0.05) is 26.0 Å². The second-order valence-electron chi connectivity index (χ2n) is 10.6. The Morgan fingerprint density at radius 2 is 1.96 bits per heavy atom. The molecule has 0 saturated heterocycles. The zero-order valence-electron chi connectivity index (χ0n) is 17.3. The topological polar surface area (TPSA) is 63.3 Å². The van der Waals surface area contributed by atoms with E-state index in [0.717, 1.165) is 44.6 Å². The maximum absolute atomic E-state index is 12.7. The molecule has 0 aliphatic heterocycles. The van der Waals surface area contributed by atoms with Crippen molar-refractivity contribution in [1.29, 1.82) is 0 Å². The van der Waals surface area contributed by atoms with Crippen LogP contribution in [0.15, 0.2) is 12.2 Å². The van der Waals surface area contributed by atoms with Crippen LogP contribution in [0.3, 0.4) is 0 Å². The van der Waals surface area contributed by atoms with E-state index in [9.17, 15) is 9.90 Å². The van der Waals surface area contributed by atoms with Gasteiger partial charge in [0.25, 0.3) is 0 Å². The SMILES string of the molecule is C[C@]12CC[C@@H](C=CCCN)CC1C[C@@H](CO)[C@@H]1[C@@H]2CC[C@]2(C)C(=O)CC[C@@H]12. The highest BCUT2D eigenvalue weighted by Gasteiger charge is 2.62. The van der Waals surface area contributed by atoms with E-state index in [0.29, 0.717) is 47.4 Å². The van der Waals surface area contributed by atoms with Crippen LogP contribution in [0.2, 0.25) is 0 Å². The molecule has 3 nitrogen and oxygen atoms in total. The summed E-state index contributed by atoms with van der Waals surface area (Å²) in [5, 5.41) is 10.3. The average Bonchev–Trinajstić information content (AvgIpc) is 2.96. The standard InChI is InChI=1S/C24H39NO2/c1-23-10-8-16(5-3-4-12-25)13-18(23)14-17(15-26)22-19-6-7-21(27)24(19,2)11-9-20(22)23/h3,5,16-20,22,26H,4,6-15,25H2,1-2H3/t16-,17+,18?,19+,20+,22+,23+,24+/m1/s1. The number of hydrogen-bond donors (Lipinski definition) is 2. The number of aliphatic hydroxyl groups excluding tert-OH is 1. The molecule has 0 amide bonds. The van der Waals surface area contributed by atoms with E-state index in [1.807, 2.05) is 0 Å². The van der Waals surface area contributed by atoms with E-state index in [-0.39, 0.29) is 5.41 Å². The summed E-state index contributed by atoms with van der Waals surface area (Å²) in [6.07, 6.45) is 14.8. The molecule has 0 spiro atoms. The van der Waals surface area contributed by atoms with Crippen molar-refractivity contribution in [2.75, 3.05) is 13.2 Å². The highest BCUT2D eigenvalue weighted by atomic mass is 16.3. The summed E-state index contributed by atoms with van der Waals surface area (Å²) in [5.74, 6) is 4.09. The van der Waals surface area contributed by atoms with Crippen LogP contribution in [0.25, 0.3) is 0 Å². The lowest BCUT2D eigenvalue weighted by atomic mass is 9.42. The zero-order valence-corrected chi connectivity index (χ0v) is 17.3. The second kappa shape index (κ2) is 7.30. The van der Waals surface area contributed by atoms with E-state index < -0.39 is 0 Å². The first-order valence-corrected chi connectivity index (χ1v) is 11.4. The Hall–Kier alpha value is -0.670. The van der Waals surface area contributed by atoms with Gasteiger partial charge in [-0.2, -0.15) is 0 Å². The summed E-state index contributed by atoms with van der Waals surface area (Å²) in [4.78, 5) is 12.7. The van der Waals surface area contributed by atoms with Gasteiger partial charge < -0.3 is 10.8 Å². The summed E-state index contributed by atoms with van der Waals surface area (Å²) in [6.45, 7) is 5.84. The largest absolute Gasteiger partial charge is 0.396 e. The fourth-order valence-electron chi connectivity index (χ4n) is 7.98. The van der Waals surface area contributed by atoms with Gasteiger partial charge in [-0.25, -0.2) is 0 Å². The summed E-state index contributed by atoms with van der Waals surface area (Å²) in [7, 11) is 0. The Labute approximate surface area is 165 Å². The smallest absolute Gasteiger partial charge is 0.139 e. The molecule has 0 aromatic carbocycles. The summed E-state index contributed by atoms with van der Waals surface area (Å²) in [5.41, 5.74) is 5.95. The highest BCUT2D eigenvalue weighted by Crippen LogP contribution is 2.67. The number of nitrogens with two attached hydrogens (primary N) is 1. The minimum atomic E-state index is -0.0973. The van der Waals surface area contributed by atoms with Crippen molar-refractivity contribution in [2.45, 2.75) is 71.6 Å². The van der Waals surface area contributed by atoms with Gasteiger partial charge in [-0.15, -0.1) is 0 Å². The van der Waals surface area contributed by atoms with Gasteiger partial charge in [-0.05, 0) is 98.8 Å². The number of ketones is 1. The monoisotopic (exact) mass is 373 g/mol. The van der Waals surface area contributed by atoms with Crippen molar-refractivity contribution in [1.82, 2.24) is 0 Å². The van der Waals surface area contributed by atoms with E-state index in [2.05, 4.69) is 26.0 Å². The number of Topliss-reactive ketones (excluding diaryl/α,β-unsaturated/α-hetero) is 1. The molecule has 0 radical (unpaired) electrons. The van der Waals surface area contributed by atoms with Crippen molar-refractivity contribution >= 4 is 5.78 Å². The van der Waals surface area contributed by atoms with Crippen LogP contribution in [0, 0.1) is 46.3 Å². The van der Waals surface area contributed by atoms with Crippen molar-refractivity contribution < 1.29 is 9.90 Å². The lowest BCUT2D eigenvalue weighted by molar-refractivity contribution is -0.154. The van der Waals surface area contributed by atoms with Gasteiger partial charge in [-0.3, -0.25) is 4.79 Å². The van der Waals surface area contributed by atoms with Gasteiger partial charge in [0.2, 0.25) is 0 Å². The molecule has 4 aliphatic carbocycles. The summed E-state index contributed by atoms with van der Waals surface area (Å²) >= 11 is 0. The molecule has 4 rings (SSSR count). The lowest BCUT2D eigenvalue weighted by Crippen LogP contribution is -2.57. The Morgan fingerprint density at radius 1 is 1.15 bits per heavy atom.